The number of piperidine rings is 1. The maximum absolute atomic E-state index is 13.5. The number of benzene rings is 2. The summed E-state index contributed by atoms with van der Waals surface area (Å²) in [4.78, 5) is 19.7. The molecule has 2 aromatic carbocycles. The van der Waals surface area contributed by atoms with Crippen molar-refractivity contribution in [2.75, 3.05) is 25.0 Å². The van der Waals surface area contributed by atoms with Gasteiger partial charge in [-0.05, 0) is 43.2 Å². The van der Waals surface area contributed by atoms with Gasteiger partial charge < -0.3 is 15.2 Å². The van der Waals surface area contributed by atoms with E-state index in [4.69, 9.17) is 4.74 Å². The molecule has 0 saturated carbocycles. The molecular formula is C24H25F2N3O3S. The number of aromatic nitrogens is 1. The van der Waals surface area contributed by atoms with Crippen LogP contribution >= 0.6 is 11.3 Å². The molecule has 1 aliphatic rings. The van der Waals surface area contributed by atoms with Crippen LogP contribution in [0, 0.1) is 11.6 Å². The Hall–Kier alpha value is -2.88. The average Bonchev–Trinajstić information content (AvgIpc) is 3.19. The lowest BCUT2D eigenvalue weighted by Crippen LogP contribution is -2.57. The van der Waals surface area contributed by atoms with Gasteiger partial charge in [0.15, 0.2) is 5.13 Å². The highest BCUT2D eigenvalue weighted by atomic mass is 32.1. The number of carbonyl (C=O) groups is 1. The predicted octanol–water partition coefficient (Wildman–Crippen LogP) is 3.85. The highest BCUT2D eigenvalue weighted by Gasteiger charge is 2.40. The maximum atomic E-state index is 13.5. The van der Waals surface area contributed by atoms with Gasteiger partial charge in [-0.2, -0.15) is 0 Å². The molecule has 2 atom stereocenters. The molecular weight excluding hydrogens is 448 g/mol. The van der Waals surface area contributed by atoms with E-state index in [1.54, 1.807) is 37.4 Å². The Morgan fingerprint density at radius 3 is 2.82 bits per heavy atom. The van der Waals surface area contributed by atoms with Crippen molar-refractivity contribution >= 4 is 22.4 Å². The standard InChI is InChI=1S/C24H25F2N3O3S/c1-24(31)9-10-29(14-21(24)32-19-4-2-3-18(26)12-19)15-22(30)28-23-27-13-20(33-23)11-16-5-7-17(25)8-6-16/h2-8,12-13,21,31H,9-11,14-15H2,1H3,(H,27,28,30)/t21-,24-/m0/s1. The minimum Gasteiger partial charge on any atom is -0.486 e. The smallest absolute Gasteiger partial charge is 0.240 e. The number of rotatable bonds is 7. The summed E-state index contributed by atoms with van der Waals surface area (Å²) in [5.41, 5.74) is -0.133. The fourth-order valence-electron chi connectivity index (χ4n) is 3.69. The Morgan fingerprint density at radius 2 is 2.06 bits per heavy atom. The number of amides is 1. The van der Waals surface area contributed by atoms with E-state index in [9.17, 15) is 18.7 Å². The number of thiazole rings is 1. The average molecular weight is 474 g/mol. The molecule has 1 aliphatic heterocycles. The molecule has 1 aromatic heterocycles. The molecule has 6 nitrogen and oxygen atoms in total. The van der Waals surface area contributed by atoms with Crippen molar-refractivity contribution in [1.82, 2.24) is 9.88 Å². The molecule has 0 bridgehead atoms. The molecule has 174 valence electrons. The molecule has 3 aromatic rings. The lowest BCUT2D eigenvalue weighted by molar-refractivity contribution is -0.122. The van der Waals surface area contributed by atoms with Gasteiger partial charge in [0.2, 0.25) is 5.91 Å². The minimum atomic E-state index is -1.09. The first kappa shape index (κ1) is 23.3. The third-order valence-corrected chi connectivity index (χ3v) is 6.50. The zero-order valence-corrected chi connectivity index (χ0v) is 18.9. The number of carbonyl (C=O) groups excluding carboxylic acids is 1. The van der Waals surface area contributed by atoms with Crippen molar-refractivity contribution in [2.45, 2.75) is 31.5 Å². The molecule has 2 N–H and O–H groups in total. The number of likely N-dealkylation sites (tertiary alicyclic amines) is 1. The van der Waals surface area contributed by atoms with Crippen LogP contribution in [0.2, 0.25) is 0 Å². The number of nitrogens with one attached hydrogen (secondary N) is 1. The minimum absolute atomic E-state index is 0.117. The van der Waals surface area contributed by atoms with Crippen LogP contribution in [0.3, 0.4) is 0 Å². The van der Waals surface area contributed by atoms with E-state index in [2.05, 4.69) is 10.3 Å². The zero-order valence-electron chi connectivity index (χ0n) is 18.1. The molecule has 2 heterocycles. The second kappa shape index (κ2) is 9.94. The number of anilines is 1. The number of hydrogen-bond donors (Lipinski definition) is 2. The van der Waals surface area contributed by atoms with E-state index in [0.717, 1.165) is 10.4 Å². The van der Waals surface area contributed by atoms with Gasteiger partial charge in [-0.3, -0.25) is 9.69 Å². The van der Waals surface area contributed by atoms with E-state index in [0.29, 0.717) is 36.8 Å². The van der Waals surface area contributed by atoms with Crippen molar-refractivity contribution < 1.29 is 23.4 Å². The van der Waals surface area contributed by atoms with Gasteiger partial charge in [-0.15, -0.1) is 11.3 Å². The molecule has 4 rings (SSSR count). The zero-order chi connectivity index (χ0) is 23.4. The largest absolute Gasteiger partial charge is 0.486 e. The maximum Gasteiger partial charge on any atom is 0.240 e. The second-order valence-corrected chi connectivity index (χ2v) is 9.50. The number of halogens is 2. The third kappa shape index (κ3) is 6.34. The van der Waals surface area contributed by atoms with Crippen LogP contribution in [0.5, 0.6) is 5.75 Å². The SMILES string of the molecule is C[C@]1(O)CCN(CC(=O)Nc2ncc(Cc3ccc(F)cc3)s2)C[C@@H]1Oc1cccc(F)c1. The lowest BCUT2D eigenvalue weighted by atomic mass is 9.90. The van der Waals surface area contributed by atoms with Crippen LogP contribution in [0.1, 0.15) is 23.8 Å². The van der Waals surface area contributed by atoms with Crippen LogP contribution in [-0.2, 0) is 11.2 Å². The fraction of sp³-hybridized carbons (Fsp3) is 0.333. The van der Waals surface area contributed by atoms with Crippen LogP contribution < -0.4 is 10.1 Å². The first-order valence-corrected chi connectivity index (χ1v) is 11.4. The van der Waals surface area contributed by atoms with Crippen molar-refractivity contribution in [1.29, 1.82) is 0 Å². The van der Waals surface area contributed by atoms with Gasteiger partial charge >= 0.3 is 0 Å². The van der Waals surface area contributed by atoms with Gasteiger partial charge in [0.1, 0.15) is 29.1 Å². The topological polar surface area (TPSA) is 74.7 Å². The van der Waals surface area contributed by atoms with Crippen LogP contribution in [-0.4, -0.2) is 52.2 Å². The molecule has 1 saturated heterocycles. The van der Waals surface area contributed by atoms with Gasteiger partial charge in [-0.1, -0.05) is 18.2 Å². The quantitative estimate of drug-likeness (QED) is 0.545. The summed E-state index contributed by atoms with van der Waals surface area (Å²) in [6.45, 7) is 2.65. The molecule has 0 spiro atoms. The molecule has 1 fully saturated rings. The molecule has 0 radical (unpaired) electrons. The normalized spacial score (nSPS) is 21.0. The van der Waals surface area contributed by atoms with Crippen molar-refractivity contribution in [3.63, 3.8) is 0 Å². The van der Waals surface area contributed by atoms with E-state index >= 15 is 0 Å². The highest BCUT2D eigenvalue weighted by molar-refractivity contribution is 7.15. The summed E-state index contributed by atoms with van der Waals surface area (Å²) in [6.07, 6.45) is 2.11. The summed E-state index contributed by atoms with van der Waals surface area (Å²) < 4.78 is 32.4. The van der Waals surface area contributed by atoms with Gasteiger partial charge in [0, 0.05) is 36.7 Å². The van der Waals surface area contributed by atoms with Crippen LogP contribution in [0.4, 0.5) is 13.9 Å². The number of aliphatic hydroxyl groups is 1. The molecule has 0 unspecified atom stereocenters. The van der Waals surface area contributed by atoms with Crippen molar-refractivity contribution in [2.24, 2.45) is 0 Å². The Bertz CT molecular complexity index is 1100. The van der Waals surface area contributed by atoms with E-state index in [1.165, 1.54) is 35.6 Å². The summed E-state index contributed by atoms with van der Waals surface area (Å²) in [6, 6.07) is 12.1. The fourth-order valence-corrected chi connectivity index (χ4v) is 4.56. The van der Waals surface area contributed by atoms with Crippen LogP contribution in [0.25, 0.3) is 0 Å². The highest BCUT2D eigenvalue weighted by Crippen LogP contribution is 2.27. The lowest BCUT2D eigenvalue weighted by Gasteiger charge is -2.42. The molecule has 1 amide bonds. The summed E-state index contributed by atoms with van der Waals surface area (Å²) in [5.74, 6) is -0.577. The number of ether oxygens (including phenoxy) is 1. The molecule has 33 heavy (non-hydrogen) atoms. The summed E-state index contributed by atoms with van der Waals surface area (Å²) in [7, 11) is 0. The van der Waals surface area contributed by atoms with Gasteiger partial charge in [0.05, 0.1) is 6.54 Å². The predicted molar refractivity (Wildman–Crippen MR) is 122 cm³/mol. The summed E-state index contributed by atoms with van der Waals surface area (Å²) in [5, 5.41) is 14.0. The molecule has 0 aliphatic carbocycles. The monoisotopic (exact) mass is 473 g/mol. The van der Waals surface area contributed by atoms with E-state index < -0.39 is 17.5 Å². The third-order valence-electron chi connectivity index (χ3n) is 5.58. The van der Waals surface area contributed by atoms with Crippen LogP contribution in [0.15, 0.2) is 54.7 Å². The second-order valence-electron chi connectivity index (χ2n) is 8.39. The first-order chi connectivity index (χ1) is 15.8. The Morgan fingerprint density at radius 1 is 1.27 bits per heavy atom. The van der Waals surface area contributed by atoms with E-state index in [-0.39, 0.29) is 18.3 Å². The van der Waals surface area contributed by atoms with Gasteiger partial charge in [-0.25, -0.2) is 13.8 Å². The Labute approximate surface area is 194 Å². The van der Waals surface area contributed by atoms with Crippen molar-refractivity contribution in [3.8, 4) is 5.75 Å². The van der Waals surface area contributed by atoms with E-state index in [1.807, 2.05) is 4.90 Å². The number of nitrogens with zero attached hydrogens (tertiary/aromatic N) is 2. The Balaban J connectivity index is 1.31. The Kier molecular flexibility index (Phi) is 7.02. The summed E-state index contributed by atoms with van der Waals surface area (Å²) >= 11 is 1.37. The first-order valence-electron chi connectivity index (χ1n) is 10.6. The molecule has 9 heteroatoms. The van der Waals surface area contributed by atoms with Crippen molar-refractivity contribution in [3.05, 3.63) is 76.8 Å². The van der Waals surface area contributed by atoms with Gasteiger partial charge in [0.25, 0.3) is 0 Å². The number of hydrogen-bond acceptors (Lipinski definition) is 6.